The number of Topliss-reactive ketones (excluding diaryl/α,β-unsaturated/α-hetero) is 1. The molecule has 2 amide bonds. The summed E-state index contributed by atoms with van der Waals surface area (Å²) in [5, 5.41) is 15.6. The third kappa shape index (κ3) is 60.3. The summed E-state index contributed by atoms with van der Waals surface area (Å²) in [6.07, 6.45) is -1.44. The largest absolute Gasteiger partial charge is 0.534 e. The molecule has 608 valence electrons. The molecule has 0 aliphatic carbocycles. The van der Waals surface area contributed by atoms with Gasteiger partial charge in [-0.05, 0) is 31.4 Å². The molecule has 38 heteroatoms. The number of amides is 2. The van der Waals surface area contributed by atoms with Crippen LogP contribution in [-0.4, -0.2) is 358 Å². The van der Waals surface area contributed by atoms with Gasteiger partial charge in [0.15, 0.2) is 11.5 Å². The highest BCUT2D eigenvalue weighted by Crippen LogP contribution is 2.39. The maximum Gasteiger partial charge on any atom is 0.534 e. The zero-order valence-electron chi connectivity index (χ0n) is 61.6. The number of hydroxylamine groups is 2. The van der Waals surface area contributed by atoms with Crippen molar-refractivity contribution in [2.45, 2.75) is 51.6 Å². The van der Waals surface area contributed by atoms with Crippen LogP contribution in [0.25, 0.3) is 10.4 Å². The fourth-order valence-electron chi connectivity index (χ4n) is 8.32. The predicted molar refractivity (Wildman–Crippen MR) is 369 cm³/mol. The van der Waals surface area contributed by atoms with Crippen LogP contribution in [0.1, 0.15) is 57.1 Å². The molecule has 0 bridgehead atoms. The number of rotatable bonds is 83. The van der Waals surface area contributed by atoms with Crippen molar-refractivity contribution < 1.29 is 152 Å². The van der Waals surface area contributed by atoms with Crippen LogP contribution in [0.3, 0.4) is 0 Å². The first-order chi connectivity index (χ1) is 51.7. The molecule has 38 nitrogen and oxygen atoms in total. The molecule has 0 N–H and O–H groups in total. The van der Waals surface area contributed by atoms with E-state index in [-0.39, 0.29) is 48.7 Å². The molecule has 1 aliphatic rings. The number of methoxy groups -OCH3 is 1. The molecular weight excluding hydrogens is 1400 g/mol. The minimum atomic E-state index is -1.39. The Kier molecular flexibility index (Phi) is 67.6. The fraction of sp³-hybridized carbons (Fsp3) is 0.851. The van der Waals surface area contributed by atoms with Crippen LogP contribution >= 0.6 is 0 Å². The van der Waals surface area contributed by atoms with Gasteiger partial charge in [0, 0.05) is 43.7 Å². The Labute approximate surface area is 615 Å². The minimum absolute atomic E-state index is 0.00833. The van der Waals surface area contributed by atoms with Crippen LogP contribution < -0.4 is 9.47 Å². The normalized spacial score (nSPS) is 12.5. The van der Waals surface area contributed by atoms with Gasteiger partial charge in [0.1, 0.15) is 11.9 Å². The molecule has 0 radical (unpaired) electrons. The average molecular weight is 1520 g/mol. The Morgan fingerprint density at radius 1 is 0.419 bits per heavy atom. The van der Waals surface area contributed by atoms with Gasteiger partial charge in [0.05, 0.1) is 328 Å². The number of azide groups is 1. The number of imide groups is 1. The van der Waals surface area contributed by atoms with Gasteiger partial charge >= 0.3 is 6.16 Å². The van der Waals surface area contributed by atoms with Gasteiger partial charge < -0.3 is 123 Å². The molecule has 0 saturated carbocycles. The second-order valence-electron chi connectivity index (χ2n) is 21.6. The van der Waals surface area contributed by atoms with Crippen molar-refractivity contribution in [2.75, 3.05) is 324 Å². The molecule has 105 heavy (non-hydrogen) atoms. The van der Waals surface area contributed by atoms with Crippen molar-refractivity contribution in [1.29, 1.82) is 0 Å². The monoisotopic (exact) mass is 1520 g/mol. The topological polar surface area (TPSA) is 413 Å². The number of nitrogens with zero attached hydrogens (tertiary/aromatic N) is 5. The zero-order valence-corrected chi connectivity index (χ0v) is 61.6. The summed E-state index contributed by atoms with van der Waals surface area (Å²) < 4.78 is 143. The van der Waals surface area contributed by atoms with Crippen LogP contribution in [-0.2, 0) is 133 Å². The smallest absolute Gasteiger partial charge is 0.493 e. The lowest BCUT2D eigenvalue weighted by Gasteiger charge is -2.18. The number of hydrogen-bond donors (Lipinski definition) is 0. The summed E-state index contributed by atoms with van der Waals surface area (Å²) in [5.74, 6) is -1.25. The SMILES string of the molecule is COc1cc(C(C)OC(=O)ON2C(=O)CCC2=O)c([N+](=O)[O-])cc1OCCCC(=O)CCCOCCOCCOCCOCCOCCOCCOCCOCCOCCOCCOCCOCCOCCOCCOCCOCCOCCOCCOCCOCCOCCOCCOCCN=[N+]=[N-]. The van der Waals surface area contributed by atoms with Gasteiger partial charge in [0.2, 0.25) is 0 Å². The third-order valence-corrected chi connectivity index (χ3v) is 13.6. The maximum atomic E-state index is 12.4. The van der Waals surface area contributed by atoms with Crippen molar-refractivity contribution in [3.63, 3.8) is 0 Å². The molecule has 1 aliphatic heterocycles. The van der Waals surface area contributed by atoms with Crippen LogP contribution in [0.4, 0.5) is 10.5 Å². The van der Waals surface area contributed by atoms with Gasteiger partial charge in [-0.1, -0.05) is 10.2 Å². The van der Waals surface area contributed by atoms with Crippen LogP contribution in [0, 0.1) is 10.1 Å². The van der Waals surface area contributed by atoms with E-state index in [9.17, 15) is 29.3 Å². The first kappa shape index (κ1) is 95.8. The number of carbonyl (C=O) groups is 4. The Morgan fingerprint density at radius 3 is 0.933 bits per heavy atom. The summed E-state index contributed by atoms with van der Waals surface area (Å²) in [6.45, 7) is 22.5. The van der Waals surface area contributed by atoms with E-state index in [1.807, 2.05) is 0 Å². The number of nitro groups is 1. The third-order valence-electron chi connectivity index (χ3n) is 13.6. The van der Waals surface area contributed by atoms with Crippen LogP contribution in [0.5, 0.6) is 11.5 Å². The van der Waals surface area contributed by atoms with E-state index in [4.69, 9.17) is 134 Å². The molecule has 1 atom stereocenters. The Bertz CT molecular complexity index is 2270. The number of benzene rings is 1. The van der Waals surface area contributed by atoms with Gasteiger partial charge in [-0.15, -0.1) is 0 Å². The van der Waals surface area contributed by atoms with Gasteiger partial charge in [-0.3, -0.25) is 29.3 Å². The van der Waals surface area contributed by atoms with Gasteiger partial charge in [-0.25, -0.2) is 4.79 Å². The molecule has 1 heterocycles. The van der Waals surface area contributed by atoms with E-state index >= 15 is 0 Å². The summed E-state index contributed by atoms with van der Waals surface area (Å²) in [6, 6.07) is 2.40. The fourth-order valence-corrected chi connectivity index (χ4v) is 8.32. The Balaban J connectivity index is 1.16. The minimum Gasteiger partial charge on any atom is -0.493 e. The standard InChI is InChI=1S/C67H117N5O33/c1-59(104-67(76)105-71-65(74)7-8-66(71)75)61-57-63(79-2)64(58-62(61)72(77)78)103-11-4-6-60(73)5-3-10-80-13-15-82-17-19-84-21-23-86-25-27-88-29-31-90-33-35-92-37-39-94-41-43-96-45-47-98-49-51-100-53-55-102-56-54-101-52-50-99-48-46-97-44-42-95-40-38-93-36-34-91-32-30-89-28-26-87-24-22-85-20-18-83-16-14-81-12-9-69-70-68/h57-59H,3-56H2,1-2H3. The van der Waals surface area contributed by atoms with E-state index in [1.54, 1.807) is 0 Å². The summed E-state index contributed by atoms with van der Waals surface area (Å²) in [4.78, 5) is 66.7. The van der Waals surface area contributed by atoms with E-state index in [2.05, 4.69) is 10.0 Å². The van der Waals surface area contributed by atoms with Gasteiger partial charge in [-0.2, -0.15) is 0 Å². The second kappa shape index (κ2) is 74.2. The molecule has 1 unspecified atom stereocenters. The van der Waals surface area contributed by atoms with Crippen molar-refractivity contribution >= 4 is 29.4 Å². The van der Waals surface area contributed by atoms with E-state index < -0.39 is 34.7 Å². The van der Waals surface area contributed by atoms with Crippen LogP contribution in [0.15, 0.2) is 17.2 Å². The molecule has 1 aromatic carbocycles. The maximum absolute atomic E-state index is 12.4. The number of ether oxygens (including phenoxy) is 26. The Morgan fingerprint density at radius 2 is 0.676 bits per heavy atom. The molecule has 0 aromatic heterocycles. The molecule has 2 rings (SSSR count). The number of ketones is 1. The van der Waals surface area contributed by atoms with Gasteiger partial charge in [0.25, 0.3) is 17.5 Å². The van der Waals surface area contributed by atoms with Crippen molar-refractivity contribution in [1.82, 2.24) is 5.06 Å². The average Bonchev–Trinajstić information content (AvgIpc) is 1.23. The molecule has 1 fully saturated rings. The lowest BCUT2D eigenvalue weighted by molar-refractivity contribution is -0.386. The van der Waals surface area contributed by atoms with E-state index in [1.165, 1.54) is 20.1 Å². The molecule has 1 aromatic rings. The van der Waals surface area contributed by atoms with Crippen molar-refractivity contribution in [3.05, 3.63) is 38.3 Å². The highest BCUT2D eigenvalue weighted by molar-refractivity contribution is 6.01. The van der Waals surface area contributed by atoms with Crippen molar-refractivity contribution in [3.8, 4) is 11.5 Å². The summed E-state index contributed by atoms with van der Waals surface area (Å²) in [7, 11) is 1.33. The second-order valence-corrected chi connectivity index (χ2v) is 21.6. The first-order valence-electron chi connectivity index (χ1n) is 35.7. The highest BCUT2D eigenvalue weighted by Gasteiger charge is 2.35. The predicted octanol–water partition coefficient (Wildman–Crippen LogP) is 4.08. The first-order valence-corrected chi connectivity index (χ1v) is 35.7. The lowest BCUT2D eigenvalue weighted by atomic mass is 10.1. The number of carbonyl (C=O) groups excluding carboxylic acids is 4. The number of nitro benzene ring substituents is 1. The summed E-state index contributed by atoms with van der Waals surface area (Å²) in [5.41, 5.74) is 7.69. The van der Waals surface area contributed by atoms with Crippen LogP contribution in [0.2, 0.25) is 0 Å². The van der Waals surface area contributed by atoms with E-state index in [0.717, 1.165) is 6.07 Å². The lowest BCUT2D eigenvalue weighted by Crippen LogP contribution is -2.32. The molecule has 1 saturated heterocycles. The highest BCUT2D eigenvalue weighted by atomic mass is 16.8. The Hall–Kier alpha value is -5.31. The molecule has 0 spiro atoms. The quantitative estimate of drug-likeness (QED) is 0.0130. The van der Waals surface area contributed by atoms with E-state index in [0.29, 0.717) is 335 Å². The zero-order chi connectivity index (χ0) is 75.5. The van der Waals surface area contributed by atoms with Crippen molar-refractivity contribution in [2.24, 2.45) is 5.11 Å². The molecular formula is C67H117N5O33. The summed E-state index contributed by atoms with van der Waals surface area (Å²) >= 11 is 0. The number of hydrogen-bond acceptors (Lipinski definition) is 34.